The van der Waals surface area contributed by atoms with Gasteiger partial charge in [0.2, 0.25) is 0 Å². The maximum absolute atomic E-state index is 13.7. The van der Waals surface area contributed by atoms with Crippen molar-refractivity contribution in [2.75, 3.05) is 39.6 Å². The summed E-state index contributed by atoms with van der Waals surface area (Å²) in [4.78, 5) is 0. The van der Waals surface area contributed by atoms with Gasteiger partial charge < -0.3 is 27.6 Å². The van der Waals surface area contributed by atoms with Gasteiger partial charge in [-0.05, 0) is 64.5 Å². The lowest BCUT2D eigenvalue weighted by atomic mass is 10.0. The number of hydrogen-bond acceptors (Lipinski definition) is 8. The Hall–Kier alpha value is -0.880. The van der Waals surface area contributed by atoms with Crippen LogP contribution in [0.2, 0.25) is 0 Å². The third-order valence-electron chi connectivity index (χ3n) is 7.31. The Morgan fingerprint density at radius 1 is 0.571 bits per heavy atom. The summed E-state index contributed by atoms with van der Waals surface area (Å²) < 4.78 is 62.9. The Kier molecular flexibility index (Phi) is 20.3. The molecule has 2 unspecified atom stereocenters. The fourth-order valence-electron chi connectivity index (χ4n) is 4.83. The molecular weight excluding hydrogens is 574 g/mol. The molecule has 0 amide bonds. The van der Waals surface area contributed by atoms with Crippen molar-refractivity contribution >= 4 is 15.2 Å². The Morgan fingerprint density at radius 3 is 1.17 bits per heavy atom. The topological polar surface area (TPSA) is 89.5 Å². The number of benzene rings is 1. The van der Waals surface area contributed by atoms with Crippen LogP contribution in [0.1, 0.15) is 118 Å². The molecule has 0 aliphatic rings. The van der Waals surface area contributed by atoms with Gasteiger partial charge in [-0.1, -0.05) is 66.2 Å². The predicted molar refractivity (Wildman–Crippen MR) is 173 cm³/mol. The van der Waals surface area contributed by atoms with E-state index in [9.17, 15) is 9.13 Å². The monoisotopic (exact) mass is 634 g/mol. The second kappa shape index (κ2) is 21.8. The van der Waals surface area contributed by atoms with Crippen molar-refractivity contribution in [3.05, 3.63) is 23.3 Å². The summed E-state index contributed by atoms with van der Waals surface area (Å²) in [6, 6.07) is 3.74. The number of hydrogen-bond donors (Lipinski definition) is 0. The lowest BCUT2D eigenvalue weighted by molar-refractivity contribution is 0.212. The van der Waals surface area contributed by atoms with Gasteiger partial charge in [0.25, 0.3) is 0 Å². The maximum Gasteiger partial charge on any atom is 0.335 e. The van der Waals surface area contributed by atoms with E-state index < -0.39 is 15.2 Å². The highest BCUT2D eigenvalue weighted by atomic mass is 31.2. The first-order valence-electron chi connectivity index (χ1n) is 16.3. The van der Waals surface area contributed by atoms with Gasteiger partial charge in [0.05, 0.1) is 52.0 Å². The van der Waals surface area contributed by atoms with Crippen molar-refractivity contribution in [3.8, 4) is 11.5 Å². The molecule has 246 valence electrons. The highest BCUT2D eigenvalue weighted by molar-refractivity contribution is 7.53. The first-order valence-corrected chi connectivity index (χ1v) is 19.8. The zero-order valence-corrected chi connectivity index (χ0v) is 29.6. The van der Waals surface area contributed by atoms with Crippen molar-refractivity contribution in [1.29, 1.82) is 0 Å². The van der Waals surface area contributed by atoms with E-state index in [2.05, 4.69) is 27.7 Å². The molecule has 0 aliphatic carbocycles. The second-order valence-corrected chi connectivity index (χ2v) is 14.8. The largest absolute Gasteiger partial charge is 0.493 e. The molecule has 42 heavy (non-hydrogen) atoms. The Labute approximate surface area is 257 Å². The van der Waals surface area contributed by atoms with Crippen molar-refractivity contribution in [2.24, 2.45) is 11.8 Å². The van der Waals surface area contributed by atoms with Gasteiger partial charge in [-0.3, -0.25) is 9.13 Å². The van der Waals surface area contributed by atoms with E-state index in [4.69, 9.17) is 27.6 Å². The van der Waals surface area contributed by atoms with Crippen LogP contribution >= 0.6 is 15.2 Å². The van der Waals surface area contributed by atoms with E-state index in [-0.39, 0.29) is 38.8 Å². The fraction of sp³-hybridized carbons (Fsp3) is 0.812. The molecule has 0 spiro atoms. The normalized spacial score (nSPS) is 13.7. The predicted octanol–water partition coefficient (Wildman–Crippen LogP) is 10.4. The van der Waals surface area contributed by atoms with Crippen LogP contribution in [0.3, 0.4) is 0 Å². The van der Waals surface area contributed by atoms with Crippen molar-refractivity contribution in [2.45, 2.75) is 119 Å². The Bertz CT molecular complexity index is 859. The van der Waals surface area contributed by atoms with Gasteiger partial charge in [-0.25, -0.2) is 0 Å². The van der Waals surface area contributed by atoms with Crippen LogP contribution in [-0.4, -0.2) is 39.6 Å². The second-order valence-electron chi connectivity index (χ2n) is 10.7. The molecule has 0 heterocycles. The van der Waals surface area contributed by atoms with Crippen LogP contribution in [0.4, 0.5) is 0 Å². The van der Waals surface area contributed by atoms with E-state index in [1.165, 1.54) is 0 Å². The Morgan fingerprint density at radius 2 is 0.905 bits per heavy atom. The highest BCUT2D eigenvalue weighted by Gasteiger charge is 2.31. The smallest absolute Gasteiger partial charge is 0.335 e. The summed E-state index contributed by atoms with van der Waals surface area (Å²) in [5, 5.41) is 0. The molecule has 10 heteroatoms. The minimum absolute atomic E-state index is 0.0496. The van der Waals surface area contributed by atoms with Crippen LogP contribution in [0, 0.1) is 11.8 Å². The molecule has 0 N–H and O–H groups in total. The molecule has 2 atom stereocenters. The highest BCUT2D eigenvalue weighted by Crippen LogP contribution is 2.55. The lowest BCUT2D eigenvalue weighted by Crippen LogP contribution is -2.15. The van der Waals surface area contributed by atoms with Crippen LogP contribution < -0.4 is 9.47 Å². The Balaban J connectivity index is 3.65. The molecule has 0 bridgehead atoms. The molecule has 1 aromatic rings. The quantitative estimate of drug-likeness (QED) is 0.0930. The first kappa shape index (κ1) is 39.1. The number of ether oxygens (including phenoxy) is 2. The minimum atomic E-state index is -3.44. The van der Waals surface area contributed by atoms with Gasteiger partial charge in [0.1, 0.15) is 11.5 Å². The van der Waals surface area contributed by atoms with E-state index in [1.54, 1.807) is 27.7 Å². The molecule has 0 saturated heterocycles. The average Bonchev–Trinajstić information content (AvgIpc) is 2.95. The van der Waals surface area contributed by atoms with Gasteiger partial charge in [0.15, 0.2) is 0 Å². The van der Waals surface area contributed by atoms with Gasteiger partial charge in [-0.2, -0.15) is 0 Å². The molecule has 0 radical (unpaired) electrons. The maximum atomic E-state index is 13.7. The molecular formula is C32H60O8P2. The van der Waals surface area contributed by atoms with Crippen LogP contribution in [0.5, 0.6) is 11.5 Å². The van der Waals surface area contributed by atoms with Gasteiger partial charge in [-0.15, -0.1) is 0 Å². The van der Waals surface area contributed by atoms with E-state index in [0.717, 1.165) is 51.4 Å². The van der Waals surface area contributed by atoms with E-state index >= 15 is 0 Å². The third-order valence-corrected chi connectivity index (χ3v) is 11.4. The standard InChI is InChI=1S/C32H60O8P2/c1-9-17-19-27(11-3)23-35-31-21-30(26-42(34,39-15-7)40-16-8)32(36-24-28(12-4)20-18-10-2)22-29(31)25-41(33,37-13-5)38-14-6/h21-22,27-28H,9-20,23-26H2,1-8H3. The molecule has 0 aliphatic heterocycles. The molecule has 1 rings (SSSR count). The number of unbranched alkanes of at least 4 members (excludes halogenated alkanes) is 2. The minimum Gasteiger partial charge on any atom is -0.493 e. The van der Waals surface area contributed by atoms with Crippen LogP contribution in [0.15, 0.2) is 12.1 Å². The first-order chi connectivity index (χ1) is 20.2. The van der Waals surface area contributed by atoms with Crippen LogP contribution in [0.25, 0.3) is 0 Å². The van der Waals surface area contributed by atoms with Crippen molar-refractivity contribution < 1.29 is 36.7 Å². The van der Waals surface area contributed by atoms with Gasteiger partial charge in [0, 0.05) is 11.1 Å². The SMILES string of the molecule is CCCCC(CC)COc1cc(CP(=O)(OCC)OCC)c(OCC(CC)CCCC)cc1CP(=O)(OCC)OCC. The van der Waals surface area contributed by atoms with E-state index in [0.29, 0.717) is 47.7 Å². The third kappa shape index (κ3) is 14.3. The van der Waals surface area contributed by atoms with E-state index in [1.807, 2.05) is 12.1 Å². The molecule has 0 aromatic heterocycles. The van der Waals surface area contributed by atoms with Crippen molar-refractivity contribution in [3.63, 3.8) is 0 Å². The summed E-state index contributed by atoms with van der Waals surface area (Å²) in [5.41, 5.74) is 1.38. The van der Waals surface area contributed by atoms with Crippen molar-refractivity contribution in [1.82, 2.24) is 0 Å². The summed E-state index contributed by atoms with van der Waals surface area (Å²) in [7, 11) is -6.87. The zero-order valence-electron chi connectivity index (χ0n) is 27.8. The number of rotatable bonds is 26. The van der Waals surface area contributed by atoms with Crippen LogP contribution in [-0.2, 0) is 39.5 Å². The average molecular weight is 635 g/mol. The van der Waals surface area contributed by atoms with Gasteiger partial charge >= 0.3 is 15.2 Å². The molecule has 0 fully saturated rings. The zero-order chi connectivity index (χ0) is 31.4. The fourth-order valence-corrected chi connectivity index (χ4v) is 8.25. The molecule has 8 nitrogen and oxygen atoms in total. The summed E-state index contributed by atoms with van der Waals surface area (Å²) in [5.74, 6) is 1.93. The summed E-state index contributed by atoms with van der Waals surface area (Å²) in [6.07, 6.45) is 8.79. The molecule has 1 aromatic carbocycles. The lowest BCUT2D eigenvalue weighted by Gasteiger charge is -2.25. The summed E-state index contributed by atoms with van der Waals surface area (Å²) in [6.45, 7) is 18.1. The summed E-state index contributed by atoms with van der Waals surface area (Å²) >= 11 is 0. The molecule has 0 saturated carbocycles.